The number of hydrogen-bond acceptors (Lipinski definition) is 2. The van der Waals surface area contributed by atoms with E-state index in [1.165, 1.54) is 11.1 Å². The van der Waals surface area contributed by atoms with Crippen LogP contribution in [0.15, 0.2) is 60.7 Å². The lowest BCUT2D eigenvalue weighted by atomic mass is 9.92. The Morgan fingerprint density at radius 3 is 2.21 bits per heavy atom. The molecule has 0 atom stereocenters. The van der Waals surface area contributed by atoms with Crippen LogP contribution in [0.2, 0.25) is 0 Å². The summed E-state index contributed by atoms with van der Waals surface area (Å²) in [6.45, 7) is 8.31. The van der Waals surface area contributed by atoms with Gasteiger partial charge in [-0.15, -0.1) is 0 Å². The first-order chi connectivity index (χ1) is 13.3. The molecule has 3 aromatic carbocycles. The maximum absolute atomic E-state index is 12.4. The van der Waals surface area contributed by atoms with E-state index in [1.807, 2.05) is 36.4 Å². The molecule has 0 saturated heterocycles. The lowest BCUT2D eigenvalue weighted by molar-refractivity contribution is 0.102. The molecule has 0 saturated carbocycles. The van der Waals surface area contributed by atoms with Crippen molar-refractivity contribution in [3.05, 3.63) is 94.0 Å². The highest BCUT2D eigenvalue weighted by Gasteiger charge is 2.12. The summed E-state index contributed by atoms with van der Waals surface area (Å²) in [7, 11) is 0. The summed E-state index contributed by atoms with van der Waals surface area (Å²) >= 11 is 0. The number of nitrogens with one attached hydrogen (secondary N) is 1. The number of rotatable bonds is 5. The lowest BCUT2D eigenvalue weighted by Gasteiger charge is -2.15. The topological polar surface area (TPSA) is 49.3 Å². The van der Waals surface area contributed by atoms with Crippen LogP contribution in [0.3, 0.4) is 0 Å². The molecule has 0 aliphatic heterocycles. The molecule has 144 valence electrons. The highest BCUT2D eigenvalue weighted by atomic mass is 16.3. The quantitative estimate of drug-likeness (QED) is 0.578. The largest absolute Gasteiger partial charge is 0.508 e. The predicted octanol–water partition coefficient (Wildman–Crippen LogP) is 5.98. The van der Waals surface area contributed by atoms with Gasteiger partial charge in [0.25, 0.3) is 5.91 Å². The van der Waals surface area contributed by atoms with E-state index in [0.717, 1.165) is 28.8 Å². The summed E-state index contributed by atoms with van der Waals surface area (Å²) in [4.78, 5) is 12.4. The number of aromatic hydroxyl groups is 1. The first kappa shape index (κ1) is 19.7. The van der Waals surface area contributed by atoms with Crippen LogP contribution >= 0.6 is 0 Å². The van der Waals surface area contributed by atoms with Crippen molar-refractivity contribution >= 4 is 11.6 Å². The number of phenols is 1. The van der Waals surface area contributed by atoms with E-state index in [1.54, 1.807) is 18.2 Å². The van der Waals surface area contributed by atoms with Crippen molar-refractivity contribution in [2.75, 3.05) is 5.32 Å². The summed E-state index contributed by atoms with van der Waals surface area (Å²) in [5.74, 6) is 0.524. The van der Waals surface area contributed by atoms with Crippen LogP contribution < -0.4 is 5.32 Å². The van der Waals surface area contributed by atoms with Crippen molar-refractivity contribution in [3.63, 3.8) is 0 Å². The molecule has 3 rings (SSSR count). The summed E-state index contributed by atoms with van der Waals surface area (Å²) in [6.07, 6.45) is 0.796. The first-order valence-electron chi connectivity index (χ1n) is 9.63. The first-order valence-corrected chi connectivity index (χ1v) is 9.63. The van der Waals surface area contributed by atoms with E-state index >= 15 is 0 Å². The fraction of sp³-hybridized carbons (Fsp3) is 0.240. The van der Waals surface area contributed by atoms with Crippen molar-refractivity contribution in [1.82, 2.24) is 0 Å². The van der Waals surface area contributed by atoms with Gasteiger partial charge in [0, 0.05) is 11.3 Å². The van der Waals surface area contributed by atoms with E-state index in [4.69, 9.17) is 0 Å². The minimum atomic E-state index is -0.104. The Morgan fingerprint density at radius 1 is 0.964 bits per heavy atom. The number of benzene rings is 3. The summed E-state index contributed by atoms with van der Waals surface area (Å²) in [6, 6.07) is 19.1. The Labute approximate surface area is 167 Å². The number of amides is 1. The van der Waals surface area contributed by atoms with Gasteiger partial charge in [-0.3, -0.25) is 4.79 Å². The second-order valence-electron chi connectivity index (χ2n) is 7.63. The van der Waals surface area contributed by atoms with Crippen LogP contribution in [0.5, 0.6) is 5.75 Å². The zero-order valence-electron chi connectivity index (χ0n) is 16.9. The molecule has 2 N–H and O–H groups in total. The molecule has 28 heavy (non-hydrogen) atoms. The van der Waals surface area contributed by atoms with Gasteiger partial charge in [-0.25, -0.2) is 0 Å². The second kappa shape index (κ2) is 8.30. The zero-order chi connectivity index (χ0) is 20.3. The average Bonchev–Trinajstić information content (AvgIpc) is 2.66. The van der Waals surface area contributed by atoms with Crippen molar-refractivity contribution in [1.29, 1.82) is 0 Å². The summed E-state index contributed by atoms with van der Waals surface area (Å²) < 4.78 is 0. The summed E-state index contributed by atoms with van der Waals surface area (Å²) in [5.41, 5.74) is 7.13. The van der Waals surface area contributed by atoms with E-state index in [0.29, 0.717) is 11.3 Å². The van der Waals surface area contributed by atoms with Crippen LogP contribution in [0.1, 0.15) is 57.9 Å². The average molecular weight is 373 g/mol. The number of carbonyl (C=O) groups is 1. The SMILES string of the molecule is Cc1cc(NC(=O)c2ccccc2)cc(C)c1Cc1ccc(O)c(C(C)C)c1. The standard InChI is InChI=1S/C25H27NO2/c1-16(2)22-14-19(10-11-24(22)27)15-23-17(3)12-21(13-18(23)4)26-25(28)20-8-6-5-7-9-20/h5-14,16,27H,15H2,1-4H3,(H,26,28). The van der Waals surface area contributed by atoms with E-state index < -0.39 is 0 Å². The van der Waals surface area contributed by atoms with Gasteiger partial charge >= 0.3 is 0 Å². The number of phenolic OH excluding ortho intramolecular Hbond substituents is 1. The number of aryl methyl sites for hydroxylation is 2. The van der Waals surface area contributed by atoms with E-state index in [9.17, 15) is 9.90 Å². The molecule has 3 heteroatoms. The van der Waals surface area contributed by atoms with Gasteiger partial charge in [-0.1, -0.05) is 44.2 Å². The van der Waals surface area contributed by atoms with Gasteiger partial charge in [0.05, 0.1) is 0 Å². The lowest BCUT2D eigenvalue weighted by Crippen LogP contribution is -2.12. The van der Waals surface area contributed by atoms with Crippen molar-refractivity contribution in [3.8, 4) is 5.75 Å². The second-order valence-corrected chi connectivity index (χ2v) is 7.63. The summed E-state index contributed by atoms with van der Waals surface area (Å²) in [5, 5.41) is 13.0. The minimum Gasteiger partial charge on any atom is -0.508 e. The van der Waals surface area contributed by atoms with Gasteiger partial charge in [0.15, 0.2) is 0 Å². The Morgan fingerprint density at radius 2 is 1.61 bits per heavy atom. The van der Waals surface area contributed by atoms with Gasteiger partial charge in [-0.2, -0.15) is 0 Å². The molecule has 3 aromatic rings. The number of anilines is 1. The molecule has 0 aliphatic carbocycles. The number of carbonyl (C=O) groups excluding carboxylic acids is 1. The van der Waals surface area contributed by atoms with Crippen LogP contribution in [-0.2, 0) is 6.42 Å². The highest BCUT2D eigenvalue weighted by Crippen LogP contribution is 2.29. The number of hydrogen-bond donors (Lipinski definition) is 2. The van der Waals surface area contributed by atoms with Gasteiger partial charge in [0.1, 0.15) is 5.75 Å². The fourth-order valence-corrected chi connectivity index (χ4v) is 3.52. The van der Waals surface area contributed by atoms with Crippen molar-refractivity contribution in [2.24, 2.45) is 0 Å². The molecule has 0 aliphatic rings. The van der Waals surface area contributed by atoms with Crippen LogP contribution in [-0.4, -0.2) is 11.0 Å². The Balaban J connectivity index is 1.83. The molecule has 0 bridgehead atoms. The normalized spacial score (nSPS) is 10.9. The van der Waals surface area contributed by atoms with Crippen LogP contribution in [0.25, 0.3) is 0 Å². The molecular formula is C25H27NO2. The van der Waals surface area contributed by atoms with Crippen LogP contribution in [0.4, 0.5) is 5.69 Å². The van der Waals surface area contributed by atoms with Gasteiger partial charge in [0.2, 0.25) is 0 Å². The molecule has 0 aromatic heterocycles. The Hall–Kier alpha value is -3.07. The third-order valence-corrected chi connectivity index (χ3v) is 5.08. The van der Waals surface area contributed by atoms with Gasteiger partial charge < -0.3 is 10.4 Å². The fourth-order valence-electron chi connectivity index (χ4n) is 3.52. The third-order valence-electron chi connectivity index (χ3n) is 5.08. The molecule has 0 unspecified atom stereocenters. The molecule has 0 radical (unpaired) electrons. The molecule has 3 nitrogen and oxygen atoms in total. The maximum atomic E-state index is 12.4. The molecule has 1 amide bonds. The zero-order valence-corrected chi connectivity index (χ0v) is 16.9. The van der Waals surface area contributed by atoms with Gasteiger partial charge in [-0.05, 0) is 84.3 Å². The monoisotopic (exact) mass is 373 g/mol. The minimum absolute atomic E-state index is 0.104. The highest BCUT2D eigenvalue weighted by molar-refractivity contribution is 6.04. The predicted molar refractivity (Wildman–Crippen MR) is 115 cm³/mol. The molecule has 0 fully saturated rings. The van der Waals surface area contributed by atoms with E-state index in [-0.39, 0.29) is 11.8 Å². The van der Waals surface area contributed by atoms with E-state index in [2.05, 4.69) is 39.1 Å². The maximum Gasteiger partial charge on any atom is 0.255 e. The molecule has 0 heterocycles. The Bertz CT molecular complexity index is 968. The smallest absolute Gasteiger partial charge is 0.255 e. The molecule has 0 spiro atoms. The third kappa shape index (κ3) is 4.42. The van der Waals surface area contributed by atoms with Crippen LogP contribution in [0, 0.1) is 13.8 Å². The Kier molecular flexibility index (Phi) is 5.84. The molecular weight excluding hydrogens is 346 g/mol. The van der Waals surface area contributed by atoms with Crippen molar-refractivity contribution < 1.29 is 9.90 Å². The van der Waals surface area contributed by atoms with Crippen molar-refractivity contribution in [2.45, 2.75) is 40.0 Å².